The van der Waals surface area contributed by atoms with E-state index in [4.69, 9.17) is 4.74 Å². The fourth-order valence-electron chi connectivity index (χ4n) is 3.20. The van der Waals surface area contributed by atoms with Crippen molar-refractivity contribution in [2.24, 2.45) is 0 Å². The SMILES string of the molecule is O=c1c2cccc3ccc4cc(OCCCCBr)cc1c4c32. The standard InChI is InChI=1S/C19H15BrO2/c20-8-1-2-9-22-14-10-13-7-6-12-4-3-5-15-17(12)18(13)16(11-14)19(15)21/h3-7,10-11H,1-2,8-9H2. The molecule has 0 unspecified atom stereocenters. The topological polar surface area (TPSA) is 26.3 Å². The highest BCUT2D eigenvalue weighted by Crippen LogP contribution is 2.36. The van der Waals surface area contributed by atoms with Crippen LogP contribution in [-0.2, 0) is 0 Å². The minimum atomic E-state index is 0.114. The number of halogens is 1. The summed E-state index contributed by atoms with van der Waals surface area (Å²) in [4.78, 5) is 12.7. The van der Waals surface area contributed by atoms with Gasteiger partial charge in [-0.15, -0.1) is 0 Å². The fraction of sp³-hybridized carbons (Fsp3) is 0.211. The molecule has 0 aromatic heterocycles. The fourth-order valence-corrected chi connectivity index (χ4v) is 3.59. The second-order valence-electron chi connectivity index (χ2n) is 5.61. The Morgan fingerprint density at radius 2 is 1.73 bits per heavy atom. The zero-order valence-corrected chi connectivity index (χ0v) is 13.7. The van der Waals surface area contributed by atoms with Gasteiger partial charge in [0, 0.05) is 26.9 Å². The number of ether oxygens (including phenoxy) is 1. The van der Waals surface area contributed by atoms with Crippen LogP contribution in [-0.4, -0.2) is 11.9 Å². The number of benzene rings is 3. The molecule has 0 fully saturated rings. The van der Waals surface area contributed by atoms with Gasteiger partial charge in [-0.3, -0.25) is 4.79 Å². The van der Waals surface area contributed by atoms with E-state index >= 15 is 0 Å². The molecule has 0 N–H and O–H groups in total. The first-order chi connectivity index (χ1) is 10.8. The third-order valence-electron chi connectivity index (χ3n) is 4.22. The van der Waals surface area contributed by atoms with Gasteiger partial charge in [0.05, 0.1) is 6.61 Å². The molecule has 0 atom stereocenters. The Hall–Kier alpha value is -1.87. The summed E-state index contributed by atoms with van der Waals surface area (Å²) < 4.78 is 5.84. The van der Waals surface area contributed by atoms with E-state index in [0.717, 1.165) is 56.2 Å². The lowest BCUT2D eigenvalue weighted by molar-refractivity contribution is 0.310. The molecule has 0 amide bonds. The molecule has 4 rings (SSSR count). The van der Waals surface area contributed by atoms with E-state index in [1.807, 2.05) is 24.3 Å². The highest BCUT2D eigenvalue weighted by atomic mass is 79.9. The molecule has 0 aliphatic carbocycles. The van der Waals surface area contributed by atoms with Crippen LogP contribution in [0.15, 0.2) is 47.3 Å². The van der Waals surface area contributed by atoms with Gasteiger partial charge in [0.15, 0.2) is 5.43 Å². The molecule has 0 heterocycles. The molecule has 2 nitrogen and oxygen atoms in total. The Morgan fingerprint density at radius 3 is 2.59 bits per heavy atom. The van der Waals surface area contributed by atoms with Crippen molar-refractivity contribution in [3.63, 3.8) is 0 Å². The summed E-state index contributed by atoms with van der Waals surface area (Å²) in [6, 6.07) is 14.0. The first kappa shape index (κ1) is 13.8. The molecule has 0 aliphatic rings. The zero-order chi connectivity index (χ0) is 15.1. The molecule has 22 heavy (non-hydrogen) atoms. The Balaban J connectivity index is 1.88. The van der Waals surface area contributed by atoms with Crippen LogP contribution in [0, 0.1) is 0 Å². The van der Waals surface area contributed by atoms with E-state index in [-0.39, 0.29) is 5.43 Å². The van der Waals surface area contributed by atoms with Gasteiger partial charge < -0.3 is 4.74 Å². The first-order valence-electron chi connectivity index (χ1n) is 7.52. The van der Waals surface area contributed by atoms with Crippen molar-refractivity contribution in [2.45, 2.75) is 12.8 Å². The number of hydrogen-bond acceptors (Lipinski definition) is 2. The van der Waals surface area contributed by atoms with Gasteiger partial charge in [-0.25, -0.2) is 0 Å². The van der Waals surface area contributed by atoms with Gasteiger partial charge >= 0.3 is 0 Å². The normalized spacial score (nSPS) is 11.9. The first-order valence-corrected chi connectivity index (χ1v) is 8.65. The second kappa shape index (κ2) is 5.40. The second-order valence-corrected chi connectivity index (χ2v) is 6.40. The Kier molecular flexibility index (Phi) is 3.38. The Labute approximate surface area is 136 Å². The molecule has 3 heteroatoms. The van der Waals surface area contributed by atoms with Crippen LogP contribution in [0.25, 0.3) is 32.3 Å². The highest BCUT2D eigenvalue weighted by molar-refractivity contribution is 9.09. The summed E-state index contributed by atoms with van der Waals surface area (Å²) in [5, 5.41) is 6.96. The van der Waals surface area contributed by atoms with Crippen LogP contribution in [0.1, 0.15) is 12.8 Å². The van der Waals surface area contributed by atoms with Gasteiger partial charge in [0.25, 0.3) is 0 Å². The van der Waals surface area contributed by atoms with Crippen LogP contribution in [0.3, 0.4) is 0 Å². The van der Waals surface area contributed by atoms with Crippen LogP contribution < -0.4 is 10.2 Å². The molecule has 4 aromatic carbocycles. The Bertz CT molecular complexity index is 993. The smallest absolute Gasteiger partial charge is 0.194 e. The molecule has 0 spiro atoms. The van der Waals surface area contributed by atoms with Crippen molar-refractivity contribution in [1.29, 1.82) is 0 Å². The maximum absolute atomic E-state index is 12.7. The van der Waals surface area contributed by atoms with Gasteiger partial charge in [0.2, 0.25) is 0 Å². The van der Waals surface area contributed by atoms with Crippen molar-refractivity contribution in [2.75, 3.05) is 11.9 Å². The molecule has 0 aliphatic heterocycles. The number of rotatable bonds is 5. The van der Waals surface area contributed by atoms with Crippen LogP contribution in [0.4, 0.5) is 0 Å². The van der Waals surface area contributed by atoms with Gasteiger partial charge in [-0.2, -0.15) is 0 Å². The van der Waals surface area contributed by atoms with Crippen molar-refractivity contribution in [1.82, 2.24) is 0 Å². The Morgan fingerprint density at radius 1 is 0.909 bits per heavy atom. The van der Waals surface area contributed by atoms with E-state index in [9.17, 15) is 4.79 Å². The molecule has 0 saturated heterocycles. The van der Waals surface area contributed by atoms with Gasteiger partial charge in [-0.05, 0) is 35.7 Å². The summed E-state index contributed by atoms with van der Waals surface area (Å²) >= 11 is 3.42. The van der Waals surface area contributed by atoms with E-state index < -0.39 is 0 Å². The predicted molar refractivity (Wildman–Crippen MR) is 96.1 cm³/mol. The maximum Gasteiger partial charge on any atom is 0.194 e. The molecule has 0 radical (unpaired) electrons. The number of unbranched alkanes of at least 4 members (excludes halogenated alkanes) is 1. The number of hydrogen-bond donors (Lipinski definition) is 0. The summed E-state index contributed by atoms with van der Waals surface area (Å²) in [5.74, 6) is 0.789. The largest absolute Gasteiger partial charge is 0.494 e. The van der Waals surface area contributed by atoms with Crippen molar-refractivity contribution in [3.8, 4) is 5.75 Å². The molecule has 0 saturated carbocycles. The lowest BCUT2D eigenvalue weighted by Gasteiger charge is -2.08. The van der Waals surface area contributed by atoms with Crippen molar-refractivity contribution < 1.29 is 4.74 Å². The van der Waals surface area contributed by atoms with Crippen LogP contribution in [0.2, 0.25) is 0 Å². The van der Waals surface area contributed by atoms with Gasteiger partial charge in [0.1, 0.15) is 5.75 Å². The average molecular weight is 355 g/mol. The maximum atomic E-state index is 12.7. The van der Waals surface area contributed by atoms with Crippen molar-refractivity contribution >= 4 is 48.2 Å². The molecule has 0 bridgehead atoms. The monoisotopic (exact) mass is 354 g/mol. The molecular formula is C19H15BrO2. The molecule has 4 aromatic rings. The minimum absolute atomic E-state index is 0.114. The lowest BCUT2D eigenvalue weighted by atomic mass is 10.0. The van der Waals surface area contributed by atoms with E-state index in [0.29, 0.717) is 6.61 Å². The third-order valence-corrected chi connectivity index (χ3v) is 4.78. The zero-order valence-electron chi connectivity index (χ0n) is 12.1. The van der Waals surface area contributed by atoms with Crippen LogP contribution >= 0.6 is 15.9 Å². The summed E-state index contributed by atoms with van der Waals surface area (Å²) in [6.07, 6.45) is 2.09. The average Bonchev–Trinajstić information content (AvgIpc) is 2.84. The summed E-state index contributed by atoms with van der Waals surface area (Å²) in [7, 11) is 0. The van der Waals surface area contributed by atoms with E-state index in [1.165, 1.54) is 0 Å². The third kappa shape index (κ3) is 2.03. The summed E-state index contributed by atoms with van der Waals surface area (Å²) in [5.41, 5.74) is 0.114. The highest BCUT2D eigenvalue weighted by Gasteiger charge is 2.15. The van der Waals surface area contributed by atoms with Crippen LogP contribution in [0.5, 0.6) is 5.75 Å². The van der Waals surface area contributed by atoms with Gasteiger partial charge in [-0.1, -0.05) is 46.3 Å². The quantitative estimate of drug-likeness (QED) is 0.288. The van der Waals surface area contributed by atoms with Crippen molar-refractivity contribution in [3.05, 3.63) is 52.7 Å². The summed E-state index contributed by atoms with van der Waals surface area (Å²) in [6.45, 7) is 0.680. The molecular weight excluding hydrogens is 340 g/mol. The lowest BCUT2D eigenvalue weighted by Crippen LogP contribution is -1.99. The number of alkyl halides is 1. The van der Waals surface area contributed by atoms with E-state index in [2.05, 4.69) is 34.1 Å². The predicted octanol–water partition coefficient (Wildman–Crippen LogP) is 4.94. The molecule has 110 valence electrons. The minimum Gasteiger partial charge on any atom is -0.494 e. The van der Waals surface area contributed by atoms with E-state index in [1.54, 1.807) is 0 Å².